The van der Waals surface area contributed by atoms with Crippen LogP contribution in [0.2, 0.25) is 0 Å². The molecule has 1 aliphatic rings. The van der Waals surface area contributed by atoms with Crippen LogP contribution in [0, 0.1) is 12.8 Å². The van der Waals surface area contributed by atoms with Crippen LogP contribution in [0.15, 0.2) is 18.3 Å². The third kappa shape index (κ3) is 2.39. The van der Waals surface area contributed by atoms with Gasteiger partial charge in [0.2, 0.25) is 0 Å². The van der Waals surface area contributed by atoms with E-state index < -0.39 is 0 Å². The lowest BCUT2D eigenvalue weighted by molar-refractivity contribution is 0.0928. The SMILES string of the molecule is Cc1cc(C(=O)NC[C@H]2CNC[C@@H]2O)c2[nH]ncc2c1. The van der Waals surface area contributed by atoms with E-state index in [4.69, 9.17) is 0 Å². The molecule has 3 rings (SSSR count). The molecule has 6 nitrogen and oxygen atoms in total. The minimum atomic E-state index is -0.389. The van der Waals surface area contributed by atoms with E-state index in [9.17, 15) is 9.90 Å². The maximum atomic E-state index is 12.3. The Bertz CT molecular complexity index is 637. The van der Waals surface area contributed by atoms with Gasteiger partial charge in [-0.05, 0) is 24.6 Å². The number of H-pyrrole nitrogens is 1. The average molecular weight is 274 g/mol. The summed E-state index contributed by atoms with van der Waals surface area (Å²) >= 11 is 0. The number of nitrogens with one attached hydrogen (secondary N) is 3. The molecular weight excluding hydrogens is 256 g/mol. The van der Waals surface area contributed by atoms with Crippen LogP contribution >= 0.6 is 0 Å². The van der Waals surface area contributed by atoms with Crippen LogP contribution in [0.25, 0.3) is 10.9 Å². The minimum absolute atomic E-state index is 0.0704. The maximum absolute atomic E-state index is 12.3. The van der Waals surface area contributed by atoms with Gasteiger partial charge in [-0.1, -0.05) is 0 Å². The fourth-order valence-corrected chi connectivity index (χ4v) is 2.63. The van der Waals surface area contributed by atoms with E-state index in [1.807, 2.05) is 19.1 Å². The number of hydrogen-bond donors (Lipinski definition) is 4. The second kappa shape index (κ2) is 5.22. The van der Waals surface area contributed by atoms with E-state index in [1.54, 1.807) is 6.20 Å². The first-order chi connectivity index (χ1) is 9.65. The molecule has 2 heterocycles. The van der Waals surface area contributed by atoms with Gasteiger partial charge in [-0.25, -0.2) is 0 Å². The molecule has 2 atom stereocenters. The van der Waals surface area contributed by atoms with Gasteiger partial charge in [-0.3, -0.25) is 9.89 Å². The van der Waals surface area contributed by atoms with Crippen LogP contribution in [-0.2, 0) is 0 Å². The Morgan fingerprint density at radius 2 is 2.35 bits per heavy atom. The first-order valence-corrected chi connectivity index (χ1v) is 6.76. The number of β-amino-alcohol motifs (C(OH)–C–C–N with tert-alkyl or cyclic N) is 1. The van der Waals surface area contributed by atoms with Gasteiger partial charge < -0.3 is 15.7 Å². The molecule has 6 heteroatoms. The summed E-state index contributed by atoms with van der Waals surface area (Å²) in [5.74, 6) is -0.0666. The molecule has 1 aromatic carbocycles. The van der Waals surface area contributed by atoms with E-state index in [2.05, 4.69) is 20.8 Å². The normalized spacial score (nSPS) is 22.3. The molecule has 0 radical (unpaired) electrons. The first kappa shape index (κ1) is 13.1. The molecule has 106 valence electrons. The van der Waals surface area contributed by atoms with Gasteiger partial charge in [-0.15, -0.1) is 0 Å². The number of fused-ring (bicyclic) bond motifs is 1. The van der Waals surface area contributed by atoms with Crippen LogP contribution < -0.4 is 10.6 Å². The highest BCUT2D eigenvalue weighted by atomic mass is 16.3. The van der Waals surface area contributed by atoms with Crippen molar-refractivity contribution in [3.63, 3.8) is 0 Å². The molecule has 0 unspecified atom stereocenters. The number of hydrogen-bond acceptors (Lipinski definition) is 4. The topological polar surface area (TPSA) is 90.0 Å². The Morgan fingerprint density at radius 1 is 1.50 bits per heavy atom. The summed E-state index contributed by atoms with van der Waals surface area (Å²) in [7, 11) is 0. The quantitative estimate of drug-likeness (QED) is 0.643. The molecule has 0 saturated carbocycles. The summed E-state index contributed by atoms with van der Waals surface area (Å²) in [6, 6.07) is 3.83. The smallest absolute Gasteiger partial charge is 0.253 e. The predicted molar refractivity (Wildman–Crippen MR) is 75.5 cm³/mol. The van der Waals surface area contributed by atoms with Crippen molar-refractivity contribution < 1.29 is 9.90 Å². The Kier molecular flexibility index (Phi) is 3.42. The molecule has 0 bridgehead atoms. The van der Waals surface area contributed by atoms with Gasteiger partial charge in [0.15, 0.2) is 0 Å². The molecule has 0 spiro atoms. The summed E-state index contributed by atoms with van der Waals surface area (Å²) in [5, 5.41) is 23.5. The van der Waals surface area contributed by atoms with Crippen molar-refractivity contribution in [2.75, 3.05) is 19.6 Å². The lowest BCUT2D eigenvalue weighted by Crippen LogP contribution is -2.34. The highest BCUT2D eigenvalue weighted by molar-refractivity contribution is 6.05. The van der Waals surface area contributed by atoms with Crippen LogP contribution in [0.4, 0.5) is 0 Å². The number of aliphatic hydroxyl groups excluding tert-OH is 1. The molecular formula is C14H18N4O2. The third-order valence-electron chi connectivity index (χ3n) is 3.77. The number of carbonyl (C=O) groups is 1. The Labute approximate surface area is 116 Å². The van der Waals surface area contributed by atoms with Crippen molar-refractivity contribution in [2.24, 2.45) is 5.92 Å². The number of aryl methyl sites for hydroxylation is 1. The van der Waals surface area contributed by atoms with Crippen molar-refractivity contribution in [2.45, 2.75) is 13.0 Å². The molecule has 2 aromatic rings. The van der Waals surface area contributed by atoms with E-state index in [0.717, 1.165) is 23.0 Å². The second-order valence-corrected chi connectivity index (χ2v) is 5.34. The van der Waals surface area contributed by atoms with Gasteiger partial charge in [-0.2, -0.15) is 5.10 Å². The van der Waals surface area contributed by atoms with Gasteiger partial charge in [0, 0.05) is 30.9 Å². The largest absolute Gasteiger partial charge is 0.391 e. The highest BCUT2D eigenvalue weighted by Gasteiger charge is 2.25. The van der Waals surface area contributed by atoms with Crippen molar-refractivity contribution in [3.8, 4) is 0 Å². The monoisotopic (exact) mass is 274 g/mol. The number of carbonyl (C=O) groups excluding carboxylic acids is 1. The van der Waals surface area contributed by atoms with Crippen molar-refractivity contribution in [1.29, 1.82) is 0 Å². The standard InChI is InChI=1S/C14H18N4O2/c1-8-2-9-6-17-18-13(9)11(3-8)14(20)16-5-10-4-15-7-12(10)19/h2-3,6,10,12,15,19H,4-5,7H2,1H3,(H,16,20)(H,17,18)/t10-,12+/m1/s1. The van der Waals surface area contributed by atoms with Gasteiger partial charge in [0.05, 0.1) is 23.4 Å². The summed E-state index contributed by atoms with van der Waals surface area (Å²) in [4.78, 5) is 12.3. The third-order valence-corrected chi connectivity index (χ3v) is 3.77. The van der Waals surface area contributed by atoms with Crippen LogP contribution in [0.1, 0.15) is 15.9 Å². The average Bonchev–Trinajstić information content (AvgIpc) is 3.03. The van der Waals surface area contributed by atoms with Crippen molar-refractivity contribution >= 4 is 16.8 Å². The molecule has 1 aliphatic heterocycles. The maximum Gasteiger partial charge on any atom is 0.253 e. The van der Waals surface area contributed by atoms with Crippen molar-refractivity contribution in [1.82, 2.24) is 20.8 Å². The minimum Gasteiger partial charge on any atom is -0.391 e. The molecule has 1 fully saturated rings. The number of aliphatic hydroxyl groups is 1. The van der Waals surface area contributed by atoms with Gasteiger partial charge in [0.25, 0.3) is 5.91 Å². The summed E-state index contributed by atoms with van der Waals surface area (Å²) < 4.78 is 0. The zero-order chi connectivity index (χ0) is 14.1. The summed E-state index contributed by atoms with van der Waals surface area (Å²) in [5.41, 5.74) is 2.36. The number of rotatable bonds is 3. The van der Waals surface area contributed by atoms with E-state index in [1.165, 1.54) is 0 Å². The van der Waals surface area contributed by atoms with Crippen LogP contribution in [0.3, 0.4) is 0 Å². The number of amides is 1. The zero-order valence-electron chi connectivity index (χ0n) is 11.3. The lowest BCUT2D eigenvalue weighted by Gasteiger charge is -2.14. The predicted octanol–water partition coefficient (Wildman–Crippen LogP) is 0.181. The fraction of sp³-hybridized carbons (Fsp3) is 0.429. The highest BCUT2D eigenvalue weighted by Crippen LogP contribution is 2.18. The number of benzene rings is 1. The van der Waals surface area contributed by atoms with Crippen LogP contribution in [0.5, 0.6) is 0 Å². The fourth-order valence-electron chi connectivity index (χ4n) is 2.63. The van der Waals surface area contributed by atoms with Gasteiger partial charge >= 0.3 is 0 Å². The molecule has 1 saturated heterocycles. The van der Waals surface area contributed by atoms with Gasteiger partial charge in [0.1, 0.15) is 0 Å². The Hall–Kier alpha value is -1.92. The molecule has 1 amide bonds. The van der Waals surface area contributed by atoms with E-state index >= 15 is 0 Å². The molecule has 1 aromatic heterocycles. The molecule has 4 N–H and O–H groups in total. The van der Waals surface area contributed by atoms with E-state index in [-0.39, 0.29) is 17.9 Å². The Balaban J connectivity index is 1.77. The number of aromatic amines is 1. The second-order valence-electron chi connectivity index (χ2n) is 5.34. The Morgan fingerprint density at radius 3 is 3.10 bits per heavy atom. The van der Waals surface area contributed by atoms with Crippen LogP contribution in [-0.4, -0.2) is 46.9 Å². The summed E-state index contributed by atoms with van der Waals surface area (Å²) in [6.45, 7) is 3.74. The van der Waals surface area contributed by atoms with Crippen molar-refractivity contribution in [3.05, 3.63) is 29.5 Å². The molecule has 0 aliphatic carbocycles. The first-order valence-electron chi connectivity index (χ1n) is 6.76. The zero-order valence-corrected chi connectivity index (χ0v) is 11.3. The summed E-state index contributed by atoms with van der Waals surface area (Å²) in [6.07, 6.45) is 1.32. The number of nitrogens with zero attached hydrogens (tertiary/aromatic N) is 1. The number of aromatic nitrogens is 2. The lowest BCUT2D eigenvalue weighted by atomic mass is 10.0. The molecule has 20 heavy (non-hydrogen) atoms. The van der Waals surface area contributed by atoms with E-state index in [0.29, 0.717) is 18.7 Å².